The molecule has 0 heterocycles. The van der Waals surface area contributed by atoms with Crippen LogP contribution in [0.5, 0.6) is 11.5 Å². The average Bonchev–Trinajstić information content (AvgIpc) is 2.16. The third-order valence-corrected chi connectivity index (χ3v) is 2.20. The Morgan fingerprint density at radius 3 is 2.50 bits per heavy atom. The first-order chi connectivity index (χ1) is 7.45. The number of ether oxygens (including phenoxy) is 1. The fourth-order valence-corrected chi connectivity index (χ4v) is 1.38. The number of hydrogen-bond donors (Lipinski definition) is 1. The van der Waals surface area contributed by atoms with E-state index in [9.17, 15) is 5.11 Å². The molecule has 0 unspecified atom stereocenters. The summed E-state index contributed by atoms with van der Waals surface area (Å²) in [6, 6.07) is 5.30. The third kappa shape index (κ3) is 3.20. The predicted molar refractivity (Wildman–Crippen MR) is 65.5 cm³/mol. The topological polar surface area (TPSA) is 29.5 Å². The lowest BCUT2D eigenvalue weighted by Crippen LogP contribution is -2.11. The van der Waals surface area contributed by atoms with Gasteiger partial charge in [-0.25, -0.2) is 0 Å². The Balaban J connectivity index is 2.91. The fourth-order valence-electron chi connectivity index (χ4n) is 1.38. The van der Waals surface area contributed by atoms with Gasteiger partial charge < -0.3 is 9.84 Å². The first-order valence-corrected chi connectivity index (χ1v) is 5.43. The Hall–Kier alpha value is -1.62. The van der Waals surface area contributed by atoms with Crippen molar-refractivity contribution >= 4 is 0 Å². The molecule has 0 radical (unpaired) electrons. The fraction of sp³-hybridized carbons (Fsp3) is 0.429. The third-order valence-electron chi connectivity index (χ3n) is 2.20. The minimum absolute atomic E-state index is 0.0717. The van der Waals surface area contributed by atoms with Crippen LogP contribution in [0.2, 0.25) is 0 Å². The van der Waals surface area contributed by atoms with Gasteiger partial charge in [-0.05, 0) is 17.0 Å². The summed E-state index contributed by atoms with van der Waals surface area (Å²) >= 11 is 0. The molecule has 1 N–H and O–H groups in total. The maximum absolute atomic E-state index is 9.86. The van der Waals surface area contributed by atoms with Gasteiger partial charge in [0.1, 0.15) is 17.6 Å². The second kappa shape index (κ2) is 4.94. The predicted octanol–water partition coefficient (Wildman–Crippen LogP) is 3.44. The van der Waals surface area contributed by atoms with Gasteiger partial charge in [-0.15, -0.1) is 0 Å². The van der Waals surface area contributed by atoms with Gasteiger partial charge in [-0.2, -0.15) is 0 Å². The zero-order valence-electron chi connectivity index (χ0n) is 10.3. The van der Waals surface area contributed by atoms with E-state index in [0.29, 0.717) is 5.75 Å². The quantitative estimate of drug-likeness (QED) is 0.732. The van der Waals surface area contributed by atoms with E-state index in [1.165, 1.54) is 0 Å². The number of rotatable bonds is 1. The van der Waals surface area contributed by atoms with Gasteiger partial charge in [0, 0.05) is 12.5 Å². The number of hydrogen-bond acceptors (Lipinski definition) is 2. The summed E-state index contributed by atoms with van der Waals surface area (Å²) < 4.78 is 5.17. The molecule has 0 aromatic heterocycles. The lowest BCUT2D eigenvalue weighted by molar-refractivity contribution is 0.439. The van der Waals surface area contributed by atoms with E-state index in [4.69, 9.17) is 4.74 Å². The molecule has 0 aliphatic rings. The van der Waals surface area contributed by atoms with E-state index in [-0.39, 0.29) is 11.2 Å². The van der Waals surface area contributed by atoms with Crippen molar-refractivity contribution in [1.29, 1.82) is 0 Å². The summed E-state index contributed by atoms with van der Waals surface area (Å²) in [5.74, 6) is 3.64. The number of benzene rings is 1. The molecule has 1 aromatic carbocycles. The molecule has 2 heteroatoms. The SMILES string of the molecule is CCC#COc1ccc(C(C)(C)C)c(O)c1. The van der Waals surface area contributed by atoms with E-state index in [2.05, 4.69) is 32.8 Å². The maximum atomic E-state index is 9.86. The minimum atomic E-state index is -0.0717. The van der Waals surface area contributed by atoms with Crippen molar-refractivity contribution in [3.8, 4) is 23.5 Å². The Morgan fingerprint density at radius 1 is 1.31 bits per heavy atom. The summed E-state index contributed by atoms with van der Waals surface area (Å²) in [7, 11) is 0. The molecule has 0 fully saturated rings. The lowest BCUT2D eigenvalue weighted by atomic mass is 9.86. The van der Waals surface area contributed by atoms with Crippen LogP contribution in [0.3, 0.4) is 0 Å². The van der Waals surface area contributed by atoms with Gasteiger partial charge in [0.05, 0.1) is 0 Å². The second-order valence-electron chi connectivity index (χ2n) is 4.66. The highest BCUT2D eigenvalue weighted by atomic mass is 16.5. The molecule has 1 aromatic rings. The van der Waals surface area contributed by atoms with Crippen LogP contribution in [0.15, 0.2) is 18.2 Å². The molecule has 0 saturated carbocycles. The van der Waals surface area contributed by atoms with E-state index in [1.807, 2.05) is 19.1 Å². The molecule has 16 heavy (non-hydrogen) atoms. The molecule has 0 saturated heterocycles. The average molecular weight is 218 g/mol. The van der Waals surface area contributed by atoms with Crippen molar-refractivity contribution < 1.29 is 9.84 Å². The molecule has 0 aliphatic carbocycles. The van der Waals surface area contributed by atoms with Crippen LogP contribution in [-0.2, 0) is 5.41 Å². The highest BCUT2D eigenvalue weighted by Gasteiger charge is 2.18. The molecular formula is C14H18O2. The van der Waals surface area contributed by atoms with Crippen molar-refractivity contribution in [3.63, 3.8) is 0 Å². The normalized spacial score (nSPS) is 10.5. The van der Waals surface area contributed by atoms with E-state index in [1.54, 1.807) is 6.07 Å². The van der Waals surface area contributed by atoms with Gasteiger partial charge >= 0.3 is 0 Å². The Morgan fingerprint density at radius 2 is 2.00 bits per heavy atom. The van der Waals surface area contributed by atoms with Gasteiger partial charge in [-0.1, -0.05) is 39.7 Å². The van der Waals surface area contributed by atoms with Crippen molar-refractivity contribution in [1.82, 2.24) is 0 Å². The molecule has 0 amide bonds. The van der Waals surface area contributed by atoms with E-state index < -0.39 is 0 Å². The maximum Gasteiger partial charge on any atom is 0.143 e. The highest BCUT2D eigenvalue weighted by Crippen LogP contribution is 2.33. The Kier molecular flexibility index (Phi) is 3.84. The van der Waals surface area contributed by atoms with Crippen molar-refractivity contribution in [2.45, 2.75) is 39.5 Å². The van der Waals surface area contributed by atoms with Gasteiger partial charge in [0.2, 0.25) is 0 Å². The Labute approximate surface area is 97.3 Å². The van der Waals surface area contributed by atoms with E-state index in [0.717, 1.165) is 12.0 Å². The zero-order chi connectivity index (χ0) is 12.2. The van der Waals surface area contributed by atoms with Crippen molar-refractivity contribution in [3.05, 3.63) is 23.8 Å². The molecule has 1 rings (SSSR count). The van der Waals surface area contributed by atoms with Gasteiger partial charge in [0.25, 0.3) is 0 Å². The van der Waals surface area contributed by atoms with E-state index >= 15 is 0 Å². The highest BCUT2D eigenvalue weighted by molar-refractivity contribution is 5.43. The Bertz CT molecular complexity index is 417. The first-order valence-electron chi connectivity index (χ1n) is 5.43. The molecule has 86 valence electrons. The summed E-state index contributed by atoms with van der Waals surface area (Å²) in [6.45, 7) is 8.12. The molecule has 0 bridgehead atoms. The van der Waals surface area contributed by atoms with Crippen LogP contribution in [0.25, 0.3) is 0 Å². The van der Waals surface area contributed by atoms with Gasteiger partial charge in [0.15, 0.2) is 0 Å². The smallest absolute Gasteiger partial charge is 0.143 e. The lowest BCUT2D eigenvalue weighted by Gasteiger charge is -2.20. The van der Waals surface area contributed by atoms with Crippen molar-refractivity contribution in [2.24, 2.45) is 0 Å². The van der Waals surface area contributed by atoms with Crippen LogP contribution >= 0.6 is 0 Å². The van der Waals surface area contributed by atoms with Crippen LogP contribution in [0, 0.1) is 12.0 Å². The van der Waals surface area contributed by atoms with Crippen LogP contribution in [-0.4, -0.2) is 5.11 Å². The zero-order valence-corrected chi connectivity index (χ0v) is 10.3. The van der Waals surface area contributed by atoms with Crippen LogP contribution in [0.1, 0.15) is 39.7 Å². The standard InChI is InChI=1S/C14H18O2/c1-5-6-9-16-11-7-8-12(13(15)10-11)14(2,3)4/h7-8,10,15H,5H2,1-4H3. The van der Waals surface area contributed by atoms with Crippen LogP contribution in [0.4, 0.5) is 0 Å². The summed E-state index contributed by atoms with van der Waals surface area (Å²) in [5.41, 5.74) is 0.834. The molecule has 0 aliphatic heterocycles. The summed E-state index contributed by atoms with van der Waals surface area (Å²) in [5, 5.41) is 9.86. The number of phenolic OH excluding ortho intramolecular Hbond substituents is 1. The van der Waals surface area contributed by atoms with Crippen LogP contribution < -0.4 is 4.74 Å². The van der Waals surface area contributed by atoms with Gasteiger partial charge in [-0.3, -0.25) is 0 Å². The number of phenols is 1. The number of aromatic hydroxyl groups is 1. The minimum Gasteiger partial charge on any atom is -0.508 e. The monoisotopic (exact) mass is 218 g/mol. The molecule has 2 nitrogen and oxygen atoms in total. The summed E-state index contributed by atoms with van der Waals surface area (Å²) in [4.78, 5) is 0. The second-order valence-corrected chi connectivity index (χ2v) is 4.66. The molecular weight excluding hydrogens is 200 g/mol. The largest absolute Gasteiger partial charge is 0.508 e. The van der Waals surface area contributed by atoms with Crippen molar-refractivity contribution in [2.75, 3.05) is 0 Å². The molecule has 0 atom stereocenters. The molecule has 0 spiro atoms. The first kappa shape index (κ1) is 12.4. The summed E-state index contributed by atoms with van der Waals surface area (Å²) in [6.07, 6.45) is 3.33.